The molecule has 1 N–H and O–H groups in total. The smallest absolute Gasteiger partial charge is 0.0328 e. The summed E-state index contributed by atoms with van der Waals surface area (Å²) in [6.45, 7) is 9.27. The van der Waals surface area contributed by atoms with E-state index in [-0.39, 0.29) is 0 Å². The summed E-state index contributed by atoms with van der Waals surface area (Å²) in [5.74, 6) is 0.941. The SMILES string of the molecule is CCC1CCNC(CN(CC)Cc2cccs2)C1. The molecule has 0 spiro atoms. The summed E-state index contributed by atoms with van der Waals surface area (Å²) in [5, 5.41) is 5.87. The fourth-order valence-corrected chi connectivity index (χ4v) is 3.59. The molecule has 1 saturated heterocycles. The highest BCUT2D eigenvalue weighted by Gasteiger charge is 2.21. The maximum absolute atomic E-state index is 3.69. The molecule has 2 atom stereocenters. The van der Waals surface area contributed by atoms with Crippen LogP contribution in [0.15, 0.2) is 17.5 Å². The molecule has 3 heteroatoms. The van der Waals surface area contributed by atoms with E-state index in [2.05, 4.69) is 41.6 Å². The Hall–Kier alpha value is -0.380. The second kappa shape index (κ2) is 7.27. The molecule has 1 aliphatic rings. The summed E-state index contributed by atoms with van der Waals surface area (Å²) in [5.41, 5.74) is 0. The molecule has 1 aliphatic heterocycles. The van der Waals surface area contributed by atoms with Crippen LogP contribution in [0.4, 0.5) is 0 Å². The summed E-state index contributed by atoms with van der Waals surface area (Å²) in [6.07, 6.45) is 4.07. The van der Waals surface area contributed by atoms with Crippen molar-refractivity contribution in [2.45, 2.75) is 45.7 Å². The van der Waals surface area contributed by atoms with Crippen molar-refractivity contribution in [3.63, 3.8) is 0 Å². The molecular weight excluding hydrogens is 240 g/mol. The van der Waals surface area contributed by atoms with Gasteiger partial charge >= 0.3 is 0 Å². The number of likely N-dealkylation sites (N-methyl/N-ethyl adjacent to an activating group) is 1. The molecule has 0 amide bonds. The largest absolute Gasteiger partial charge is 0.313 e. The first-order valence-corrected chi connectivity index (χ1v) is 8.17. The number of nitrogens with one attached hydrogen (secondary N) is 1. The van der Waals surface area contributed by atoms with E-state index in [4.69, 9.17) is 0 Å². The van der Waals surface area contributed by atoms with E-state index in [0.717, 1.165) is 19.0 Å². The van der Waals surface area contributed by atoms with Gasteiger partial charge in [0.25, 0.3) is 0 Å². The summed E-state index contributed by atoms with van der Waals surface area (Å²) in [4.78, 5) is 4.06. The Morgan fingerprint density at radius 3 is 3.00 bits per heavy atom. The third-order valence-electron chi connectivity index (χ3n) is 4.07. The molecule has 102 valence electrons. The second-order valence-electron chi connectivity index (χ2n) is 5.36. The van der Waals surface area contributed by atoms with Crippen molar-refractivity contribution in [2.75, 3.05) is 19.6 Å². The van der Waals surface area contributed by atoms with Crippen LogP contribution in [0.25, 0.3) is 0 Å². The minimum atomic E-state index is 0.698. The minimum absolute atomic E-state index is 0.698. The van der Waals surface area contributed by atoms with Gasteiger partial charge in [0.15, 0.2) is 0 Å². The van der Waals surface area contributed by atoms with E-state index in [1.54, 1.807) is 0 Å². The van der Waals surface area contributed by atoms with Crippen molar-refractivity contribution in [1.29, 1.82) is 0 Å². The molecule has 1 aromatic heterocycles. The van der Waals surface area contributed by atoms with E-state index < -0.39 is 0 Å². The molecule has 1 fully saturated rings. The Labute approximate surface area is 115 Å². The highest BCUT2D eigenvalue weighted by atomic mass is 32.1. The maximum atomic E-state index is 3.69. The van der Waals surface area contributed by atoms with Gasteiger partial charge < -0.3 is 5.32 Å². The number of nitrogens with zero attached hydrogens (tertiary/aromatic N) is 1. The molecule has 2 nitrogen and oxygen atoms in total. The van der Waals surface area contributed by atoms with Crippen LogP contribution in [0.5, 0.6) is 0 Å². The topological polar surface area (TPSA) is 15.3 Å². The summed E-state index contributed by atoms with van der Waals surface area (Å²) < 4.78 is 0. The third-order valence-corrected chi connectivity index (χ3v) is 4.93. The molecule has 0 bridgehead atoms. The van der Waals surface area contributed by atoms with Crippen LogP contribution in [-0.4, -0.2) is 30.6 Å². The van der Waals surface area contributed by atoms with Gasteiger partial charge in [-0.15, -0.1) is 11.3 Å². The predicted octanol–water partition coefficient (Wildman–Crippen LogP) is 3.35. The maximum Gasteiger partial charge on any atom is 0.0328 e. The predicted molar refractivity (Wildman–Crippen MR) is 80.1 cm³/mol. The highest BCUT2D eigenvalue weighted by molar-refractivity contribution is 7.09. The monoisotopic (exact) mass is 266 g/mol. The van der Waals surface area contributed by atoms with Crippen LogP contribution < -0.4 is 5.32 Å². The van der Waals surface area contributed by atoms with E-state index in [1.807, 2.05) is 11.3 Å². The molecule has 1 aromatic rings. The zero-order valence-corrected chi connectivity index (χ0v) is 12.5. The standard InChI is InChI=1S/C15H26N2S/c1-3-13-7-8-16-14(10-13)11-17(4-2)12-15-6-5-9-18-15/h5-6,9,13-14,16H,3-4,7-8,10-12H2,1-2H3. The Kier molecular flexibility index (Phi) is 5.67. The first-order chi connectivity index (χ1) is 8.81. The molecule has 2 rings (SSSR count). The lowest BCUT2D eigenvalue weighted by Crippen LogP contribution is -2.45. The first kappa shape index (κ1) is 14.0. The summed E-state index contributed by atoms with van der Waals surface area (Å²) >= 11 is 1.87. The molecule has 0 radical (unpaired) electrons. The minimum Gasteiger partial charge on any atom is -0.313 e. The van der Waals surface area contributed by atoms with Gasteiger partial charge in [-0.3, -0.25) is 4.90 Å². The highest BCUT2D eigenvalue weighted by Crippen LogP contribution is 2.20. The van der Waals surface area contributed by atoms with Gasteiger partial charge in [0.1, 0.15) is 0 Å². The van der Waals surface area contributed by atoms with E-state index in [1.165, 1.54) is 37.2 Å². The van der Waals surface area contributed by atoms with Crippen molar-refractivity contribution in [1.82, 2.24) is 10.2 Å². The molecule has 18 heavy (non-hydrogen) atoms. The zero-order chi connectivity index (χ0) is 12.8. The molecule has 0 aliphatic carbocycles. The molecule has 2 unspecified atom stereocenters. The van der Waals surface area contributed by atoms with Crippen LogP contribution in [0.3, 0.4) is 0 Å². The fraction of sp³-hybridized carbons (Fsp3) is 0.733. The average molecular weight is 266 g/mol. The van der Waals surface area contributed by atoms with Crippen molar-refractivity contribution in [3.05, 3.63) is 22.4 Å². The summed E-state index contributed by atoms with van der Waals surface area (Å²) in [7, 11) is 0. The average Bonchev–Trinajstić information content (AvgIpc) is 2.91. The van der Waals surface area contributed by atoms with Crippen molar-refractivity contribution < 1.29 is 0 Å². The second-order valence-corrected chi connectivity index (χ2v) is 6.39. The quantitative estimate of drug-likeness (QED) is 0.849. The Bertz CT molecular complexity index is 323. The summed E-state index contributed by atoms with van der Waals surface area (Å²) in [6, 6.07) is 5.10. The van der Waals surface area contributed by atoms with E-state index >= 15 is 0 Å². The van der Waals surface area contributed by atoms with Gasteiger partial charge in [-0.2, -0.15) is 0 Å². The van der Waals surface area contributed by atoms with Crippen LogP contribution in [0, 0.1) is 5.92 Å². The van der Waals surface area contributed by atoms with Crippen molar-refractivity contribution >= 4 is 11.3 Å². The number of thiophene rings is 1. The molecular formula is C15H26N2S. The number of rotatable bonds is 6. The van der Waals surface area contributed by atoms with Crippen LogP contribution in [-0.2, 0) is 6.54 Å². The number of hydrogen-bond acceptors (Lipinski definition) is 3. The van der Waals surface area contributed by atoms with Crippen LogP contribution in [0.2, 0.25) is 0 Å². The number of piperidine rings is 1. The lowest BCUT2D eigenvalue weighted by Gasteiger charge is -2.33. The van der Waals surface area contributed by atoms with E-state index in [0.29, 0.717) is 6.04 Å². The normalized spacial score (nSPS) is 24.6. The van der Waals surface area contributed by atoms with Gasteiger partial charge in [0.05, 0.1) is 0 Å². The van der Waals surface area contributed by atoms with Gasteiger partial charge in [-0.05, 0) is 43.3 Å². The third kappa shape index (κ3) is 4.08. The molecule has 2 heterocycles. The van der Waals surface area contributed by atoms with Gasteiger partial charge in [0, 0.05) is 24.0 Å². The lowest BCUT2D eigenvalue weighted by atomic mass is 9.90. The number of hydrogen-bond donors (Lipinski definition) is 1. The van der Waals surface area contributed by atoms with E-state index in [9.17, 15) is 0 Å². The van der Waals surface area contributed by atoms with Crippen LogP contribution in [0.1, 0.15) is 38.0 Å². The van der Waals surface area contributed by atoms with Gasteiger partial charge in [-0.25, -0.2) is 0 Å². The van der Waals surface area contributed by atoms with Gasteiger partial charge in [-0.1, -0.05) is 26.3 Å². The van der Waals surface area contributed by atoms with Crippen molar-refractivity contribution in [3.8, 4) is 0 Å². The Morgan fingerprint density at radius 2 is 2.33 bits per heavy atom. The van der Waals surface area contributed by atoms with Gasteiger partial charge in [0.2, 0.25) is 0 Å². The van der Waals surface area contributed by atoms with Crippen molar-refractivity contribution in [2.24, 2.45) is 5.92 Å². The molecule has 0 saturated carbocycles. The Morgan fingerprint density at radius 1 is 1.44 bits per heavy atom. The Balaban J connectivity index is 1.82. The van der Waals surface area contributed by atoms with Crippen LogP contribution >= 0.6 is 11.3 Å². The molecule has 0 aromatic carbocycles. The lowest BCUT2D eigenvalue weighted by molar-refractivity contribution is 0.201. The zero-order valence-electron chi connectivity index (χ0n) is 11.7. The fourth-order valence-electron chi connectivity index (χ4n) is 2.85. The first-order valence-electron chi connectivity index (χ1n) is 7.30.